The number of hydrogen-bond donors (Lipinski definition) is 1. The molecule has 1 heterocycles. The van der Waals surface area contributed by atoms with Crippen LogP contribution in [0.15, 0.2) is 97.1 Å². The Morgan fingerprint density at radius 1 is 0.614 bits per heavy atom. The molecule has 0 saturated heterocycles. The molecule has 0 amide bonds. The van der Waals surface area contributed by atoms with E-state index in [-0.39, 0.29) is 10.8 Å². The van der Waals surface area contributed by atoms with Gasteiger partial charge in [0.2, 0.25) is 0 Å². The van der Waals surface area contributed by atoms with Crippen LogP contribution in [0.25, 0.3) is 21.9 Å². The van der Waals surface area contributed by atoms with Crippen molar-refractivity contribution in [3.05, 3.63) is 119 Å². The van der Waals surface area contributed by atoms with Gasteiger partial charge in [0.25, 0.3) is 0 Å². The highest BCUT2D eigenvalue weighted by molar-refractivity contribution is 6.47. The summed E-state index contributed by atoms with van der Waals surface area (Å²) in [6.45, 7) is 16.8. The molecule has 5 aromatic carbocycles. The maximum atomic E-state index is 10.6. The summed E-state index contributed by atoms with van der Waals surface area (Å²) < 4.78 is 6.14. The molecule has 0 atom stereocenters. The zero-order valence-corrected chi connectivity index (χ0v) is 27.1. The van der Waals surface area contributed by atoms with Crippen molar-refractivity contribution in [3.8, 4) is 11.1 Å². The molecular formula is C40H41BNO2. The van der Waals surface area contributed by atoms with E-state index in [1.165, 1.54) is 61.2 Å². The van der Waals surface area contributed by atoms with Crippen molar-refractivity contribution in [2.75, 3.05) is 4.90 Å². The molecule has 0 spiro atoms. The van der Waals surface area contributed by atoms with E-state index in [4.69, 9.17) is 4.65 Å². The summed E-state index contributed by atoms with van der Waals surface area (Å²) in [4.78, 5) is 2.47. The van der Waals surface area contributed by atoms with Gasteiger partial charge >= 0.3 is 7.48 Å². The molecule has 7 rings (SSSR count). The maximum Gasteiger partial charge on any atom is 0.330 e. The maximum absolute atomic E-state index is 10.6. The predicted octanol–water partition coefficient (Wildman–Crippen LogP) is 9.07. The number of anilines is 3. The van der Waals surface area contributed by atoms with Crippen LogP contribution in [0.5, 0.6) is 0 Å². The molecule has 3 nitrogen and oxygen atoms in total. The molecule has 0 aromatic heterocycles. The van der Waals surface area contributed by atoms with Crippen LogP contribution in [-0.2, 0) is 15.5 Å². The zero-order chi connectivity index (χ0) is 31.2. The number of fused-ring (bicyclic) bond motifs is 6. The van der Waals surface area contributed by atoms with Crippen LogP contribution in [0, 0.1) is 0 Å². The molecule has 0 fully saturated rings. The van der Waals surface area contributed by atoms with Crippen molar-refractivity contribution in [2.24, 2.45) is 0 Å². The number of benzene rings is 5. The second kappa shape index (κ2) is 9.57. The molecule has 44 heavy (non-hydrogen) atoms. The van der Waals surface area contributed by atoms with Gasteiger partial charge in [-0.1, -0.05) is 99.9 Å². The summed E-state index contributed by atoms with van der Waals surface area (Å²) in [6, 6.07) is 35.8. The summed E-state index contributed by atoms with van der Waals surface area (Å²) in [5.74, 6) is 0. The topological polar surface area (TPSA) is 32.7 Å². The summed E-state index contributed by atoms with van der Waals surface area (Å²) in [7, 11) is 1.80. The van der Waals surface area contributed by atoms with Crippen molar-refractivity contribution in [1.29, 1.82) is 0 Å². The number of nitrogens with zero attached hydrogens (tertiary/aromatic N) is 1. The number of rotatable bonds is 5. The second-order valence-corrected chi connectivity index (χ2v) is 14.7. The molecule has 1 aliphatic carbocycles. The average molecular weight is 579 g/mol. The smallest absolute Gasteiger partial charge is 0.330 e. The van der Waals surface area contributed by atoms with Gasteiger partial charge in [-0.25, -0.2) is 0 Å². The Morgan fingerprint density at radius 3 is 2.02 bits per heavy atom. The van der Waals surface area contributed by atoms with Gasteiger partial charge in [-0.3, -0.25) is 0 Å². The first-order chi connectivity index (χ1) is 20.7. The lowest BCUT2D eigenvalue weighted by Gasteiger charge is -2.43. The van der Waals surface area contributed by atoms with E-state index in [0.717, 1.165) is 5.46 Å². The van der Waals surface area contributed by atoms with E-state index in [1.807, 2.05) is 13.8 Å². The molecular weight excluding hydrogens is 537 g/mol. The Morgan fingerprint density at radius 2 is 1.27 bits per heavy atom. The van der Waals surface area contributed by atoms with E-state index in [0.29, 0.717) is 0 Å². The van der Waals surface area contributed by atoms with Gasteiger partial charge in [0.15, 0.2) is 0 Å². The molecule has 4 heteroatoms. The summed E-state index contributed by atoms with van der Waals surface area (Å²) in [6.07, 6.45) is 0. The van der Waals surface area contributed by atoms with Crippen molar-refractivity contribution in [1.82, 2.24) is 0 Å². The Labute approximate surface area is 262 Å². The third-order valence-electron chi connectivity index (χ3n) is 10.5. The van der Waals surface area contributed by atoms with Gasteiger partial charge in [0.05, 0.1) is 22.6 Å². The zero-order valence-electron chi connectivity index (χ0n) is 27.1. The highest BCUT2D eigenvalue weighted by Gasteiger charge is 2.42. The Balaban J connectivity index is 1.38. The van der Waals surface area contributed by atoms with Crippen LogP contribution in [-0.4, -0.2) is 23.8 Å². The molecule has 5 aromatic rings. The SMILES string of the molecule is CC1(C)c2cc([B]OC(C)(C)C(C)(C)O)ccc2-c2cc3c(cc21)N(c1ccc2ccccc2c1)c1ccccc1C3(C)C. The first-order valence-electron chi connectivity index (χ1n) is 15.7. The summed E-state index contributed by atoms with van der Waals surface area (Å²) >= 11 is 0. The highest BCUT2D eigenvalue weighted by atomic mass is 16.5. The minimum absolute atomic E-state index is 0.175. The average Bonchev–Trinajstić information content (AvgIpc) is 3.20. The number of aliphatic hydroxyl groups is 1. The van der Waals surface area contributed by atoms with Crippen LogP contribution in [0.4, 0.5) is 17.1 Å². The first kappa shape index (κ1) is 28.9. The van der Waals surface area contributed by atoms with Gasteiger partial charge in [-0.15, -0.1) is 0 Å². The van der Waals surface area contributed by atoms with Gasteiger partial charge < -0.3 is 14.7 Å². The highest BCUT2D eigenvalue weighted by Crippen LogP contribution is 2.57. The van der Waals surface area contributed by atoms with Gasteiger partial charge in [-0.2, -0.15) is 0 Å². The fourth-order valence-electron chi connectivity index (χ4n) is 6.97. The van der Waals surface area contributed by atoms with Crippen molar-refractivity contribution in [3.63, 3.8) is 0 Å². The molecule has 1 aliphatic heterocycles. The van der Waals surface area contributed by atoms with E-state index in [2.05, 4.69) is 130 Å². The molecule has 1 N–H and O–H groups in total. The van der Waals surface area contributed by atoms with E-state index >= 15 is 0 Å². The lowest BCUT2D eigenvalue weighted by atomic mass is 9.71. The lowest BCUT2D eigenvalue weighted by molar-refractivity contribution is -0.0893. The molecule has 1 radical (unpaired) electrons. The van der Waals surface area contributed by atoms with Crippen LogP contribution < -0.4 is 10.4 Å². The minimum Gasteiger partial charge on any atom is -0.427 e. The fraction of sp³-hybridized carbons (Fsp3) is 0.300. The van der Waals surface area contributed by atoms with Crippen molar-refractivity contribution >= 4 is 40.8 Å². The van der Waals surface area contributed by atoms with Crippen LogP contribution in [0.1, 0.15) is 77.6 Å². The van der Waals surface area contributed by atoms with Crippen LogP contribution in [0.2, 0.25) is 0 Å². The third kappa shape index (κ3) is 4.26. The Hall–Kier alpha value is -3.86. The Bertz CT molecular complexity index is 1950. The number of para-hydroxylation sites is 1. The second-order valence-electron chi connectivity index (χ2n) is 14.7. The van der Waals surface area contributed by atoms with E-state index in [1.54, 1.807) is 21.3 Å². The monoisotopic (exact) mass is 578 g/mol. The summed E-state index contributed by atoms with van der Waals surface area (Å²) in [5, 5.41) is 13.1. The third-order valence-corrected chi connectivity index (χ3v) is 10.5. The minimum atomic E-state index is -0.976. The van der Waals surface area contributed by atoms with Crippen molar-refractivity contribution in [2.45, 2.75) is 77.4 Å². The quantitative estimate of drug-likeness (QED) is 0.211. The largest absolute Gasteiger partial charge is 0.427 e. The molecule has 0 saturated carbocycles. The van der Waals surface area contributed by atoms with Crippen LogP contribution >= 0.6 is 0 Å². The van der Waals surface area contributed by atoms with E-state index in [9.17, 15) is 5.11 Å². The number of hydrogen-bond acceptors (Lipinski definition) is 3. The molecule has 221 valence electrons. The normalized spacial score (nSPS) is 16.2. The molecule has 0 unspecified atom stereocenters. The molecule has 2 aliphatic rings. The lowest BCUT2D eigenvalue weighted by Crippen LogP contribution is -2.49. The van der Waals surface area contributed by atoms with Crippen LogP contribution in [0.3, 0.4) is 0 Å². The van der Waals surface area contributed by atoms with Gasteiger partial charge in [-0.05, 0) is 102 Å². The summed E-state index contributed by atoms with van der Waals surface area (Å²) in [5.41, 5.74) is 10.4. The molecule has 0 bridgehead atoms. The first-order valence-corrected chi connectivity index (χ1v) is 15.7. The van der Waals surface area contributed by atoms with Crippen molar-refractivity contribution < 1.29 is 9.76 Å². The van der Waals surface area contributed by atoms with Gasteiger partial charge in [0.1, 0.15) is 0 Å². The van der Waals surface area contributed by atoms with Gasteiger partial charge in [0, 0.05) is 16.5 Å². The predicted molar refractivity (Wildman–Crippen MR) is 185 cm³/mol. The fourth-order valence-corrected chi connectivity index (χ4v) is 6.97. The Kier molecular flexibility index (Phi) is 6.28. The standard InChI is InChI=1S/C40H41BNO2/c1-37(2)31-15-11-12-16-35(31)42(28-19-17-25-13-9-10-14-26(25)21-28)36-24-33-30(23-34(36)37)29-20-18-27(22-32(29)38(33,3)4)41-44-40(7,8)39(5,6)43/h9-24,43H,1-8H3. The van der Waals surface area contributed by atoms with E-state index < -0.39 is 11.2 Å².